The maximum absolute atomic E-state index is 2.69. The Kier molecular flexibility index (Phi) is 6.97. The molecule has 3 unspecified atom stereocenters. The van der Waals surface area contributed by atoms with Crippen LogP contribution < -0.4 is 0 Å². The van der Waals surface area contributed by atoms with E-state index in [2.05, 4.69) is 211 Å². The minimum atomic E-state index is -0.127. The highest BCUT2D eigenvalue weighted by Crippen LogP contribution is 2.63. The van der Waals surface area contributed by atoms with Gasteiger partial charge in [0.25, 0.3) is 0 Å². The Balaban J connectivity index is 1.13. The molecule has 7 aliphatic carbocycles. The number of allylic oxidation sites excluding steroid dienone is 13. The number of fused-ring (bicyclic) bond motifs is 15. The molecule has 6 aromatic carbocycles. The van der Waals surface area contributed by atoms with Crippen molar-refractivity contribution in [3.05, 3.63) is 242 Å². The Bertz CT molecular complexity index is 3230. The van der Waals surface area contributed by atoms with Crippen molar-refractivity contribution in [3.8, 4) is 22.3 Å². The van der Waals surface area contributed by atoms with Crippen molar-refractivity contribution in [3.63, 3.8) is 0 Å². The van der Waals surface area contributed by atoms with Crippen LogP contribution in [-0.4, -0.2) is 0 Å². The molecule has 4 atom stereocenters. The van der Waals surface area contributed by atoms with E-state index >= 15 is 0 Å². The summed E-state index contributed by atoms with van der Waals surface area (Å²) in [7, 11) is 0. The van der Waals surface area contributed by atoms with Crippen LogP contribution in [0.4, 0.5) is 0 Å². The van der Waals surface area contributed by atoms with Crippen molar-refractivity contribution in [2.45, 2.75) is 69.6 Å². The molecule has 0 bridgehead atoms. The van der Waals surface area contributed by atoms with E-state index in [1.165, 1.54) is 105 Å². The number of hydrogen-bond acceptors (Lipinski definition) is 0. The van der Waals surface area contributed by atoms with Gasteiger partial charge in [0.05, 0.1) is 0 Å². The Labute approximate surface area is 360 Å². The fourth-order valence-electron chi connectivity index (χ4n) is 13.5. The zero-order chi connectivity index (χ0) is 41.2. The average molecular weight is 783 g/mol. The monoisotopic (exact) mass is 782 g/mol. The zero-order valence-electron chi connectivity index (χ0n) is 36.0. The number of hydrogen-bond donors (Lipinski definition) is 0. The zero-order valence-corrected chi connectivity index (χ0v) is 36.0. The first-order valence-corrected chi connectivity index (χ1v) is 22.5. The topological polar surface area (TPSA) is 0 Å². The minimum absolute atomic E-state index is 0.0642. The molecule has 13 rings (SSSR count). The van der Waals surface area contributed by atoms with Crippen LogP contribution in [0, 0.1) is 11.8 Å². The van der Waals surface area contributed by atoms with Crippen LogP contribution in [0.5, 0.6) is 0 Å². The van der Waals surface area contributed by atoms with E-state index in [-0.39, 0.29) is 28.1 Å². The normalized spacial score (nSPS) is 24.3. The van der Waals surface area contributed by atoms with Gasteiger partial charge in [0.15, 0.2) is 0 Å². The Morgan fingerprint density at radius 3 is 1.75 bits per heavy atom. The molecule has 0 heterocycles. The van der Waals surface area contributed by atoms with Gasteiger partial charge in [-0.25, -0.2) is 0 Å². The molecule has 0 saturated heterocycles. The summed E-state index contributed by atoms with van der Waals surface area (Å²) in [5, 5.41) is 2.68. The summed E-state index contributed by atoms with van der Waals surface area (Å²) < 4.78 is 0. The fourth-order valence-corrected chi connectivity index (χ4v) is 13.5. The van der Waals surface area contributed by atoms with E-state index in [0.29, 0.717) is 11.8 Å². The molecule has 0 saturated carbocycles. The number of benzene rings is 6. The number of rotatable bonds is 2. The molecule has 0 radical (unpaired) electrons. The predicted molar refractivity (Wildman–Crippen MR) is 255 cm³/mol. The molecule has 0 nitrogen and oxygen atoms in total. The molecule has 0 amide bonds. The third kappa shape index (κ3) is 4.46. The van der Waals surface area contributed by atoms with Crippen molar-refractivity contribution in [1.29, 1.82) is 0 Å². The van der Waals surface area contributed by atoms with Gasteiger partial charge in [-0.3, -0.25) is 0 Å². The molecule has 0 fully saturated rings. The molecule has 6 aromatic rings. The molecule has 0 N–H and O–H groups in total. The second kappa shape index (κ2) is 12.0. The SMILES string of the molecule is CC1(C)C2=CC(C3c4cc5c(cc4C(c4cc6c(c7ccccc47)-c4ccccc4C6(C)C)=C4C=CC=CC43)C(C)(C)c3ccccc3-5)=C3C=CC=C[C@@H]3C2c2ccccc21. The van der Waals surface area contributed by atoms with Crippen molar-refractivity contribution in [2.75, 3.05) is 0 Å². The summed E-state index contributed by atoms with van der Waals surface area (Å²) in [5.74, 6) is 0.941. The van der Waals surface area contributed by atoms with Crippen molar-refractivity contribution in [2.24, 2.45) is 11.8 Å². The van der Waals surface area contributed by atoms with Gasteiger partial charge in [-0.1, -0.05) is 199 Å². The van der Waals surface area contributed by atoms with Crippen LogP contribution >= 0.6 is 0 Å². The standard InChI is InChI=1S/C61H50/c1-59(2)49-28-16-13-21-37(49)44-31-45-48(32-52(44)59)56(47-34-54-58(39-23-10-8-20-36(39)47)43-27-15-18-30-51(43)61(54,5)6)41-25-12-11-24-40(41)55(45)46-33-53-57(38-22-9-7-19-35(38)46)42-26-14-17-29-50(42)60(53,3)4/h7-34,38,40,55,57H,1-6H3/t38-,40?,55?,57?/m0/s1. The first kappa shape index (κ1) is 35.5. The molecule has 0 aromatic heterocycles. The van der Waals surface area contributed by atoms with Gasteiger partial charge in [-0.2, -0.15) is 0 Å². The first-order chi connectivity index (χ1) is 29.6. The summed E-state index contributed by atoms with van der Waals surface area (Å²) in [5.41, 5.74) is 25.5. The highest BCUT2D eigenvalue weighted by molar-refractivity contribution is 6.10. The third-order valence-electron chi connectivity index (χ3n) is 16.4. The van der Waals surface area contributed by atoms with Gasteiger partial charge < -0.3 is 0 Å². The molecule has 294 valence electrons. The molecular weight excluding hydrogens is 733 g/mol. The van der Waals surface area contributed by atoms with E-state index in [0.717, 1.165) is 0 Å². The lowest BCUT2D eigenvalue weighted by atomic mass is 9.60. The summed E-state index contributed by atoms with van der Waals surface area (Å²) >= 11 is 0. The van der Waals surface area contributed by atoms with E-state index in [1.807, 2.05) is 0 Å². The fraction of sp³-hybridized carbons (Fsp3) is 0.213. The minimum Gasteiger partial charge on any atom is -0.0761 e. The molecule has 7 aliphatic rings. The Morgan fingerprint density at radius 2 is 0.984 bits per heavy atom. The van der Waals surface area contributed by atoms with Crippen LogP contribution in [-0.2, 0) is 16.2 Å². The van der Waals surface area contributed by atoms with E-state index < -0.39 is 0 Å². The highest BCUT2D eigenvalue weighted by atomic mass is 14.5. The largest absolute Gasteiger partial charge is 0.0761 e. The molecule has 61 heavy (non-hydrogen) atoms. The van der Waals surface area contributed by atoms with Gasteiger partial charge in [0, 0.05) is 39.9 Å². The maximum atomic E-state index is 2.69. The maximum Gasteiger partial charge on any atom is 0.0202 e. The Morgan fingerprint density at radius 1 is 0.393 bits per heavy atom. The molecule has 0 heteroatoms. The highest BCUT2D eigenvalue weighted by Gasteiger charge is 2.50. The lowest BCUT2D eigenvalue weighted by Crippen LogP contribution is -2.30. The molecular formula is C61H50. The summed E-state index contributed by atoms with van der Waals surface area (Å²) in [6.07, 6.45) is 21.9. The lowest BCUT2D eigenvalue weighted by molar-refractivity contribution is 0.544. The van der Waals surface area contributed by atoms with Gasteiger partial charge in [-0.05, 0) is 124 Å². The molecule has 0 spiro atoms. The quantitative estimate of drug-likeness (QED) is 0.164. The van der Waals surface area contributed by atoms with E-state index in [9.17, 15) is 0 Å². The predicted octanol–water partition coefficient (Wildman–Crippen LogP) is 15.1. The summed E-state index contributed by atoms with van der Waals surface area (Å²) in [6.45, 7) is 14.7. The van der Waals surface area contributed by atoms with E-state index in [4.69, 9.17) is 0 Å². The van der Waals surface area contributed by atoms with Crippen LogP contribution in [0.25, 0.3) is 38.6 Å². The summed E-state index contributed by atoms with van der Waals surface area (Å²) in [6, 6.07) is 44.8. The van der Waals surface area contributed by atoms with Gasteiger partial charge >= 0.3 is 0 Å². The van der Waals surface area contributed by atoms with Gasteiger partial charge in [-0.15, -0.1) is 0 Å². The Hall–Kier alpha value is -6.24. The molecule has 0 aliphatic heterocycles. The van der Waals surface area contributed by atoms with Crippen molar-refractivity contribution < 1.29 is 0 Å². The van der Waals surface area contributed by atoms with Crippen molar-refractivity contribution >= 4 is 16.3 Å². The first-order valence-electron chi connectivity index (χ1n) is 22.5. The summed E-state index contributed by atoms with van der Waals surface area (Å²) in [4.78, 5) is 0. The van der Waals surface area contributed by atoms with Crippen LogP contribution in [0.1, 0.15) is 103 Å². The van der Waals surface area contributed by atoms with Crippen LogP contribution in [0.2, 0.25) is 0 Å². The second-order valence-corrected chi connectivity index (χ2v) is 20.3. The van der Waals surface area contributed by atoms with E-state index in [1.54, 1.807) is 5.57 Å². The van der Waals surface area contributed by atoms with Crippen LogP contribution in [0.3, 0.4) is 0 Å². The average Bonchev–Trinajstić information content (AvgIpc) is 3.76. The van der Waals surface area contributed by atoms with Gasteiger partial charge in [0.1, 0.15) is 0 Å². The lowest BCUT2D eigenvalue weighted by Gasteiger charge is -2.43. The van der Waals surface area contributed by atoms with Gasteiger partial charge in [0.2, 0.25) is 0 Å². The smallest absolute Gasteiger partial charge is 0.0202 e. The van der Waals surface area contributed by atoms with Crippen LogP contribution in [0.15, 0.2) is 192 Å². The second-order valence-electron chi connectivity index (χ2n) is 20.3. The van der Waals surface area contributed by atoms with Crippen molar-refractivity contribution in [1.82, 2.24) is 0 Å². The third-order valence-corrected chi connectivity index (χ3v) is 16.4.